The molecule has 0 aliphatic rings. The van der Waals surface area contributed by atoms with Crippen molar-refractivity contribution in [3.8, 4) is 0 Å². The van der Waals surface area contributed by atoms with Crippen molar-refractivity contribution in [1.82, 2.24) is 15.6 Å². The van der Waals surface area contributed by atoms with Crippen LogP contribution in [0.4, 0.5) is 0 Å². The van der Waals surface area contributed by atoms with Gasteiger partial charge in [0, 0.05) is 19.3 Å². The number of aliphatic imine (C=N–C) groups is 1. The van der Waals surface area contributed by atoms with E-state index in [1.54, 1.807) is 12.3 Å². The van der Waals surface area contributed by atoms with Gasteiger partial charge in [-0.25, -0.2) is 4.98 Å². The highest BCUT2D eigenvalue weighted by atomic mass is 35.5. The molecule has 0 amide bonds. The van der Waals surface area contributed by atoms with E-state index in [4.69, 9.17) is 16.3 Å². The first kappa shape index (κ1) is 19.2. The number of hydrogen-bond acceptors (Lipinski definition) is 3. The van der Waals surface area contributed by atoms with Gasteiger partial charge in [-0.1, -0.05) is 48.0 Å². The lowest BCUT2D eigenvalue weighted by molar-refractivity contribution is 0.128. The van der Waals surface area contributed by atoms with E-state index in [0.29, 0.717) is 24.9 Å². The first-order valence-electron chi connectivity index (χ1n) is 8.52. The van der Waals surface area contributed by atoms with Gasteiger partial charge in [0.15, 0.2) is 5.96 Å². The highest BCUT2D eigenvalue weighted by Gasteiger charge is 1.99. The SMILES string of the molecule is CCNC(=NCCOCc1ccccc1)NCCc1ccc(Cl)nc1. The maximum Gasteiger partial charge on any atom is 0.191 e. The molecule has 2 rings (SSSR count). The van der Waals surface area contributed by atoms with Gasteiger partial charge in [0.05, 0.1) is 19.8 Å². The lowest BCUT2D eigenvalue weighted by Gasteiger charge is -2.11. The summed E-state index contributed by atoms with van der Waals surface area (Å²) >= 11 is 5.79. The second kappa shape index (κ2) is 11.4. The van der Waals surface area contributed by atoms with Gasteiger partial charge in [-0.2, -0.15) is 0 Å². The molecule has 0 aliphatic carbocycles. The van der Waals surface area contributed by atoms with E-state index >= 15 is 0 Å². The molecule has 0 unspecified atom stereocenters. The maximum atomic E-state index is 5.79. The summed E-state index contributed by atoms with van der Waals surface area (Å²) in [6.07, 6.45) is 2.66. The third-order valence-corrected chi connectivity index (χ3v) is 3.68. The van der Waals surface area contributed by atoms with Crippen LogP contribution in [0.5, 0.6) is 0 Å². The molecule has 0 atom stereocenters. The predicted octanol–water partition coefficient (Wildman–Crippen LogP) is 3.05. The Morgan fingerprint density at radius 1 is 1.12 bits per heavy atom. The molecule has 0 saturated heterocycles. The predicted molar refractivity (Wildman–Crippen MR) is 103 cm³/mol. The fourth-order valence-electron chi connectivity index (χ4n) is 2.21. The van der Waals surface area contributed by atoms with E-state index in [-0.39, 0.29) is 0 Å². The zero-order chi connectivity index (χ0) is 17.7. The van der Waals surface area contributed by atoms with Crippen LogP contribution in [-0.2, 0) is 17.8 Å². The van der Waals surface area contributed by atoms with Crippen LogP contribution in [0.2, 0.25) is 5.15 Å². The number of ether oxygens (including phenoxy) is 1. The molecule has 0 aliphatic heterocycles. The number of guanidine groups is 1. The largest absolute Gasteiger partial charge is 0.375 e. The Kier molecular flexibility index (Phi) is 8.80. The Labute approximate surface area is 154 Å². The minimum Gasteiger partial charge on any atom is -0.375 e. The Hall–Kier alpha value is -2.11. The maximum absolute atomic E-state index is 5.79. The van der Waals surface area contributed by atoms with Crippen molar-refractivity contribution in [3.05, 3.63) is 64.9 Å². The topological polar surface area (TPSA) is 58.5 Å². The number of pyridine rings is 1. The second-order valence-corrected chi connectivity index (χ2v) is 5.85. The fraction of sp³-hybridized carbons (Fsp3) is 0.368. The van der Waals surface area contributed by atoms with Crippen molar-refractivity contribution in [2.24, 2.45) is 4.99 Å². The van der Waals surface area contributed by atoms with Crippen LogP contribution >= 0.6 is 11.6 Å². The summed E-state index contributed by atoms with van der Waals surface area (Å²) in [5.41, 5.74) is 2.31. The van der Waals surface area contributed by atoms with Gasteiger partial charge >= 0.3 is 0 Å². The van der Waals surface area contributed by atoms with E-state index in [1.165, 1.54) is 5.56 Å². The fourth-order valence-corrected chi connectivity index (χ4v) is 2.32. The highest BCUT2D eigenvalue weighted by molar-refractivity contribution is 6.29. The lowest BCUT2D eigenvalue weighted by Crippen LogP contribution is -2.38. The molecule has 0 radical (unpaired) electrons. The van der Waals surface area contributed by atoms with Crippen LogP contribution in [0.15, 0.2) is 53.7 Å². The minimum absolute atomic E-state index is 0.516. The first-order chi connectivity index (χ1) is 12.3. The number of hydrogen-bond donors (Lipinski definition) is 2. The number of nitrogens with zero attached hydrogens (tertiary/aromatic N) is 2. The van der Waals surface area contributed by atoms with Crippen molar-refractivity contribution in [2.45, 2.75) is 20.0 Å². The number of halogens is 1. The van der Waals surface area contributed by atoms with Crippen molar-refractivity contribution < 1.29 is 4.74 Å². The van der Waals surface area contributed by atoms with Crippen molar-refractivity contribution in [2.75, 3.05) is 26.2 Å². The van der Waals surface area contributed by atoms with E-state index in [0.717, 1.165) is 31.0 Å². The monoisotopic (exact) mass is 360 g/mol. The molecule has 1 aromatic heterocycles. The molecule has 2 aromatic rings. The molecule has 1 aromatic carbocycles. The molecule has 5 nitrogen and oxygen atoms in total. The van der Waals surface area contributed by atoms with E-state index < -0.39 is 0 Å². The molecule has 134 valence electrons. The van der Waals surface area contributed by atoms with Gasteiger partial charge in [-0.05, 0) is 30.5 Å². The Morgan fingerprint density at radius 2 is 1.96 bits per heavy atom. The van der Waals surface area contributed by atoms with Crippen LogP contribution in [0.25, 0.3) is 0 Å². The van der Waals surface area contributed by atoms with E-state index in [9.17, 15) is 0 Å². The van der Waals surface area contributed by atoms with Crippen LogP contribution < -0.4 is 10.6 Å². The third-order valence-electron chi connectivity index (χ3n) is 3.46. The molecule has 25 heavy (non-hydrogen) atoms. The summed E-state index contributed by atoms with van der Waals surface area (Å²) in [6, 6.07) is 13.9. The van der Waals surface area contributed by atoms with Crippen molar-refractivity contribution in [3.63, 3.8) is 0 Å². The van der Waals surface area contributed by atoms with E-state index in [2.05, 4.69) is 32.7 Å². The molecule has 0 bridgehead atoms. The summed E-state index contributed by atoms with van der Waals surface area (Å²) in [6.45, 7) is 5.46. The third kappa shape index (κ3) is 8.01. The summed E-state index contributed by atoms with van der Waals surface area (Å²) in [5, 5.41) is 7.06. The zero-order valence-electron chi connectivity index (χ0n) is 14.5. The summed E-state index contributed by atoms with van der Waals surface area (Å²) in [5.74, 6) is 0.799. The molecule has 1 heterocycles. The van der Waals surface area contributed by atoms with Crippen molar-refractivity contribution in [1.29, 1.82) is 0 Å². The molecule has 0 saturated carbocycles. The van der Waals surface area contributed by atoms with Crippen LogP contribution in [-0.4, -0.2) is 37.2 Å². The number of nitrogens with one attached hydrogen (secondary N) is 2. The second-order valence-electron chi connectivity index (χ2n) is 5.46. The highest BCUT2D eigenvalue weighted by Crippen LogP contribution is 2.05. The van der Waals surface area contributed by atoms with Crippen LogP contribution in [0.3, 0.4) is 0 Å². The Balaban J connectivity index is 1.67. The van der Waals surface area contributed by atoms with E-state index in [1.807, 2.05) is 31.2 Å². The van der Waals surface area contributed by atoms with Gasteiger partial charge in [-0.15, -0.1) is 0 Å². The summed E-state index contributed by atoms with van der Waals surface area (Å²) < 4.78 is 5.65. The Morgan fingerprint density at radius 3 is 2.68 bits per heavy atom. The normalized spacial score (nSPS) is 11.4. The molecule has 2 N–H and O–H groups in total. The summed E-state index contributed by atoms with van der Waals surface area (Å²) in [7, 11) is 0. The van der Waals surface area contributed by atoms with Gasteiger partial charge in [0.2, 0.25) is 0 Å². The average molecular weight is 361 g/mol. The molecule has 6 heteroatoms. The van der Waals surface area contributed by atoms with Crippen molar-refractivity contribution >= 4 is 17.6 Å². The molecule has 0 spiro atoms. The molecular weight excluding hydrogens is 336 g/mol. The quantitative estimate of drug-likeness (QED) is 0.312. The smallest absolute Gasteiger partial charge is 0.191 e. The van der Waals surface area contributed by atoms with Crippen LogP contribution in [0, 0.1) is 0 Å². The first-order valence-corrected chi connectivity index (χ1v) is 8.90. The molecule has 0 fully saturated rings. The van der Waals surface area contributed by atoms with Gasteiger partial charge in [0.25, 0.3) is 0 Å². The number of aromatic nitrogens is 1. The van der Waals surface area contributed by atoms with Crippen LogP contribution in [0.1, 0.15) is 18.1 Å². The van der Waals surface area contributed by atoms with Gasteiger partial charge in [-0.3, -0.25) is 4.99 Å². The minimum atomic E-state index is 0.516. The lowest BCUT2D eigenvalue weighted by atomic mass is 10.2. The number of rotatable bonds is 9. The Bertz CT molecular complexity index is 632. The standard InChI is InChI=1S/C19H25ClN4O/c1-2-21-19(22-11-10-16-8-9-18(20)24-14-16)23-12-13-25-15-17-6-4-3-5-7-17/h3-9,14H,2,10-13,15H2,1H3,(H2,21,22,23). The van der Waals surface area contributed by atoms with Gasteiger partial charge in [0.1, 0.15) is 5.15 Å². The van der Waals surface area contributed by atoms with Gasteiger partial charge < -0.3 is 15.4 Å². The zero-order valence-corrected chi connectivity index (χ0v) is 15.3. The number of benzene rings is 1. The average Bonchev–Trinajstić information content (AvgIpc) is 2.64. The summed E-state index contributed by atoms with van der Waals surface area (Å²) in [4.78, 5) is 8.61. The molecular formula is C19H25ClN4O.